The molecule has 0 saturated heterocycles. The maximum Gasteiger partial charge on any atom is 0.419 e. The van der Waals surface area contributed by atoms with Crippen molar-refractivity contribution in [3.8, 4) is 0 Å². The molecule has 35 heavy (non-hydrogen) atoms. The van der Waals surface area contributed by atoms with Crippen LogP contribution in [-0.4, -0.2) is 69.7 Å². The second kappa shape index (κ2) is 9.60. The minimum Gasteiger partial charge on any atom is -0.443 e. The Hall–Kier alpha value is -2.35. The zero-order chi connectivity index (χ0) is 25.5. The van der Waals surface area contributed by atoms with Crippen LogP contribution in [0.1, 0.15) is 96.9 Å². The zero-order valence-electron chi connectivity index (χ0n) is 22.5. The van der Waals surface area contributed by atoms with Gasteiger partial charge < -0.3 is 14.4 Å². The molecule has 3 aliphatic rings. The van der Waals surface area contributed by atoms with Crippen molar-refractivity contribution in [2.45, 2.75) is 96.8 Å². The summed E-state index contributed by atoms with van der Waals surface area (Å²) in [6, 6.07) is 0.289. The van der Waals surface area contributed by atoms with Crippen molar-refractivity contribution in [3.05, 3.63) is 23.5 Å². The van der Waals surface area contributed by atoms with Crippen LogP contribution in [0.5, 0.6) is 0 Å². The highest BCUT2D eigenvalue weighted by atomic mass is 16.6. The number of hydrogen-bond acceptors (Lipinski definition) is 6. The van der Waals surface area contributed by atoms with Crippen LogP contribution in [0.15, 0.2) is 12.3 Å². The first-order valence-electron chi connectivity index (χ1n) is 13.0. The molecule has 2 heterocycles. The van der Waals surface area contributed by atoms with Crippen molar-refractivity contribution in [3.63, 3.8) is 0 Å². The van der Waals surface area contributed by atoms with E-state index >= 15 is 0 Å². The van der Waals surface area contributed by atoms with E-state index in [-0.39, 0.29) is 12.0 Å². The lowest BCUT2D eigenvalue weighted by Gasteiger charge is -2.38. The van der Waals surface area contributed by atoms with Crippen LogP contribution in [-0.2, 0) is 9.47 Å². The van der Waals surface area contributed by atoms with Crippen molar-refractivity contribution in [1.82, 2.24) is 19.6 Å². The Kier molecular flexibility index (Phi) is 7.06. The van der Waals surface area contributed by atoms with Crippen LogP contribution >= 0.6 is 0 Å². The van der Waals surface area contributed by atoms with Gasteiger partial charge in [-0.2, -0.15) is 5.10 Å². The third-order valence-corrected chi connectivity index (χ3v) is 6.74. The summed E-state index contributed by atoms with van der Waals surface area (Å²) in [5, 5.41) is 5.03. The summed E-state index contributed by atoms with van der Waals surface area (Å²) in [6.07, 6.45) is 8.55. The van der Waals surface area contributed by atoms with Crippen LogP contribution in [0.25, 0.3) is 5.57 Å². The summed E-state index contributed by atoms with van der Waals surface area (Å²) < 4.78 is 13.1. The number of carbonyl (C=O) groups excluding carboxylic acids is 2. The average Bonchev–Trinajstić information content (AvgIpc) is 3.44. The van der Waals surface area contributed by atoms with Gasteiger partial charge in [-0.25, -0.2) is 14.5 Å². The van der Waals surface area contributed by atoms with E-state index < -0.39 is 23.4 Å². The molecule has 0 atom stereocenters. The highest BCUT2D eigenvalue weighted by Gasteiger charge is 2.39. The first kappa shape index (κ1) is 25.7. The predicted molar refractivity (Wildman–Crippen MR) is 135 cm³/mol. The Morgan fingerprint density at radius 1 is 1.06 bits per heavy atom. The van der Waals surface area contributed by atoms with Gasteiger partial charge in [-0.05, 0) is 92.2 Å². The minimum absolute atomic E-state index is 0.194. The molecule has 0 spiro atoms. The number of imide groups is 1. The molecule has 0 bridgehead atoms. The van der Waals surface area contributed by atoms with Crippen LogP contribution in [0, 0.1) is 5.92 Å². The summed E-state index contributed by atoms with van der Waals surface area (Å²) in [5.74, 6) is 0.789. The molecule has 1 aromatic rings. The van der Waals surface area contributed by atoms with Crippen LogP contribution in [0.4, 0.5) is 9.59 Å². The van der Waals surface area contributed by atoms with Crippen molar-refractivity contribution in [2.75, 3.05) is 26.7 Å². The van der Waals surface area contributed by atoms with E-state index in [2.05, 4.69) is 28.9 Å². The largest absolute Gasteiger partial charge is 0.443 e. The number of ether oxygens (including phenoxy) is 2. The molecule has 8 heteroatoms. The fourth-order valence-corrected chi connectivity index (χ4v) is 4.70. The molecule has 194 valence electrons. The highest BCUT2D eigenvalue weighted by molar-refractivity contribution is 5.88. The normalized spacial score (nSPS) is 23.3. The van der Waals surface area contributed by atoms with Crippen LogP contribution in [0.3, 0.4) is 0 Å². The van der Waals surface area contributed by atoms with Gasteiger partial charge in [0, 0.05) is 37.3 Å². The second-order valence-electron chi connectivity index (χ2n) is 12.5. The number of rotatable bonds is 5. The van der Waals surface area contributed by atoms with Gasteiger partial charge >= 0.3 is 12.2 Å². The van der Waals surface area contributed by atoms with Crippen LogP contribution < -0.4 is 0 Å². The number of hydrogen-bond donors (Lipinski definition) is 0. The van der Waals surface area contributed by atoms with Crippen LogP contribution in [0.2, 0.25) is 0 Å². The number of likely N-dealkylation sites (N-methyl/N-ethyl adjacent to an activating group) is 1. The maximum absolute atomic E-state index is 12.8. The first-order valence-corrected chi connectivity index (χ1v) is 13.0. The minimum atomic E-state index is -0.688. The molecule has 0 radical (unpaired) electrons. The molecule has 0 aromatic carbocycles. The lowest BCUT2D eigenvalue weighted by molar-refractivity contribution is -0.00641. The molecule has 0 N–H and O–H groups in total. The highest BCUT2D eigenvalue weighted by Crippen LogP contribution is 2.45. The molecule has 1 aliphatic heterocycles. The molecule has 2 amide bonds. The van der Waals surface area contributed by atoms with E-state index in [1.165, 1.54) is 29.7 Å². The number of nitrogens with zero attached hydrogens (tertiary/aromatic N) is 4. The summed E-state index contributed by atoms with van der Waals surface area (Å²) in [5.41, 5.74) is 2.63. The van der Waals surface area contributed by atoms with E-state index in [0.29, 0.717) is 12.5 Å². The van der Waals surface area contributed by atoms with Gasteiger partial charge in [0.1, 0.15) is 11.2 Å². The van der Waals surface area contributed by atoms with E-state index in [1.54, 1.807) is 41.5 Å². The molecule has 4 rings (SSSR count). The van der Waals surface area contributed by atoms with Gasteiger partial charge in [0.15, 0.2) is 0 Å². The molecular weight excluding hydrogens is 444 g/mol. The van der Waals surface area contributed by atoms with Gasteiger partial charge in [-0.15, -0.1) is 0 Å². The van der Waals surface area contributed by atoms with Crippen molar-refractivity contribution < 1.29 is 19.1 Å². The molecular formula is C27H42N4O4. The van der Waals surface area contributed by atoms with E-state index in [9.17, 15) is 9.59 Å². The molecule has 1 aromatic heterocycles. The van der Waals surface area contributed by atoms with Crippen molar-refractivity contribution in [1.29, 1.82) is 0 Å². The predicted octanol–water partition coefficient (Wildman–Crippen LogP) is 5.60. The van der Waals surface area contributed by atoms with Crippen molar-refractivity contribution in [2.24, 2.45) is 5.92 Å². The Balaban J connectivity index is 1.42. The quantitative estimate of drug-likeness (QED) is 0.539. The fraction of sp³-hybridized carbons (Fsp3) is 0.741. The SMILES string of the molecule is CN1CC=C(c2cn([C@H]3C[C@H](CN(C(=O)OC(C)(C)C)C(=O)OC(C)(C)C)C3)nc2C2CC2)CC1. The van der Waals surface area contributed by atoms with Gasteiger partial charge in [-0.3, -0.25) is 4.68 Å². The summed E-state index contributed by atoms with van der Waals surface area (Å²) in [4.78, 5) is 29.1. The van der Waals surface area contributed by atoms with E-state index in [1.807, 2.05) is 0 Å². The Morgan fingerprint density at radius 3 is 2.14 bits per heavy atom. The maximum atomic E-state index is 12.8. The Morgan fingerprint density at radius 2 is 1.66 bits per heavy atom. The smallest absolute Gasteiger partial charge is 0.419 e. The summed E-state index contributed by atoms with van der Waals surface area (Å²) >= 11 is 0. The summed E-state index contributed by atoms with van der Waals surface area (Å²) in [6.45, 7) is 13.1. The van der Waals surface area contributed by atoms with Crippen molar-refractivity contribution >= 4 is 17.8 Å². The molecule has 0 unspecified atom stereocenters. The zero-order valence-corrected chi connectivity index (χ0v) is 22.5. The molecule has 2 saturated carbocycles. The lowest BCUT2D eigenvalue weighted by Crippen LogP contribution is -2.47. The summed E-state index contributed by atoms with van der Waals surface area (Å²) in [7, 11) is 2.16. The lowest BCUT2D eigenvalue weighted by atomic mass is 9.80. The number of aromatic nitrogens is 2. The average molecular weight is 487 g/mol. The standard InChI is InChI=1S/C27H42N4O4/c1-26(2,3)34-24(32)30(25(33)35-27(4,5)6)16-18-14-21(15-18)31-17-22(23(28-31)20-8-9-20)19-10-12-29(7)13-11-19/h10,17-18,20-21H,8-9,11-16H2,1-7H3/t18-,21-. The Bertz CT molecular complexity index is 946. The third kappa shape index (κ3) is 6.66. The van der Waals surface area contributed by atoms with Gasteiger partial charge in [0.05, 0.1) is 11.7 Å². The first-order chi connectivity index (χ1) is 16.3. The van der Waals surface area contributed by atoms with E-state index in [4.69, 9.17) is 14.6 Å². The topological polar surface area (TPSA) is 76.9 Å². The Labute approximate surface area is 209 Å². The van der Waals surface area contributed by atoms with Gasteiger partial charge in [0.25, 0.3) is 0 Å². The number of amides is 2. The fourth-order valence-electron chi connectivity index (χ4n) is 4.70. The third-order valence-electron chi connectivity index (χ3n) is 6.74. The number of carbonyl (C=O) groups is 2. The van der Waals surface area contributed by atoms with E-state index in [0.717, 1.165) is 37.3 Å². The molecule has 8 nitrogen and oxygen atoms in total. The molecule has 2 aliphatic carbocycles. The molecule has 2 fully saturated rings. The van der Waals surface area contributed by atoms with Gasteiger partial charge in [-0.1, -0.05) is 6.08 Å². The monoisotopic (exact) mass is 486 g/mol. The second-order valence-corrected chi connectivity index (χ2v) is 12.5. The van der Waals surface area contributed by atoms with Gasteiger partial charge in [0.2, 0.25) is 0 Å².